The molecule has 0 fully saturated rings. The molecule has 0 atom stereocenters. The lowest BCUT2D eigenvalue weighted by Gasteiger charge is -2.10. The fourth-order valence-corrected chi connectivity index (χ4v) is 3.05. The molecule has 0 unspecified atom stereocenters. The number of benzene rings is 2. The van der Waals surface area contributed by atoms with Gasteiger partial charge in [-0.1, -0.05) is 28.1 Å². The van der Waals surface area contributed by atoms with Crippen LogP contribution in [0.3, 0.4) is 0 Å². The van der Waals surface area contributed by atoms with Crippen molar-refractivity contribution in [3.63, 3.8) is 0 Å². The van der Waals surface area contributed by atoms with Crippen LogP contribution in [-0.4, -0.2) is 22.3 Å². The second-order valence-corrected chi connectivity index (χ2v) is 7.21. The van der Waals surface area contributed by atoms with Crippen LogP contribution in [0.25, 0.3) is 11.0 Å². The molecule has 0 saturated heterocycles. The van der Waals surface area contributed by atoms with Crippen molar-refractivity contribution < 1.29 is 13.9 Å². The zero-order valence-electron chi connectivity index (χ0n) is 15.2. The molecule has 0 radical (unpaired) electrons. The molecule has 4 rings (SSSR count). The smallest absolute Gasteiger partial charge is 0.336 e. The van der Waals surface area contributed by atoms with E-state index in [1.807, 2.05) is 24.3 Å². The lowest BCUT2D eigenvalue weighted by atomic mass is 10.2. The first-order valence-electron chi connectivity index (χ1n) is 8.80. The first kappa shape index (κ1) is 18.9. The first-order chi connectivity index (χ1) is 14.1. The number of carbonyl (C=O) groups is 1. The van der Waals surface area contributed by atoms with Crippen LogP contribution in [0.2, 0.25) is 0 Å². The number of fused-ring (bicyclic) bond motifs is 1. The highest BCUT2D eigenvalue weighted by Crippen LogP contribution is 2.19. The van der Waals surface area contributed by atoms with Crippen molar-refractivity contribution in [2.75, 3.05) is 11.9 Å². The quantitative estimate of drug-likeness (QED) is 0.448. The van der Waals surface area contributed by atoms with Gasteiger partial charge in [0.25, 0.3) is 5.91 Å². The van der Waals surface area contributed by atoms with Crippen molar-refractivity contribution in [2.24, 2.45) is 0 Å². The molecule has 0 aliphatic heterocycles. The third-order valence-corrected chi connectivity index (χ3v) is 4.72. The second-order valence-electron chi connectivity index (χ2n) is 6.29. The van der Waals surface area contributed by atoms with Crippen LogP contribution in [0.1, 0.15) is 5.56 Å². The standard InChI is InChI=1S/C21H16BrN3O4/c22-16-5-1-14(2-6-16)12-25-19(9-10-23-25)24-20(26)13-28-17-7-3-15-4-8-21(27)29-18(15)11-17/h1-11H,12-13H2,(H,24,26). The van der Waals surface area contributed by atoms with Crippen molar-refractivity contribution in [1.29, 1.82) is 0 Å². The zero-order valence-corrected chi connectivity index (χ0v) is 16.8. The van der Waals surface area contributed by atoms with Crippen LogP contribution in [0, 0.1) is 0 Å². The van der Waals surface area contributed by atoms with E-state index >= 15 is 0 Å². The molecule has 146 valence electrons. The summed E-state index contributed by atoms with van der Waals surface area (Å²) in [5.74, 6) is 0.688. The van der Waals surface area contributed by atoms with Crippen LogP contribution in [-0.2, 0) is 11.3 Å². The molecule has 2 aromatic heterocycles. The molecule has 0 aliphatic carbocycles. The Morgan fingerprint density at radius 1 is 1.10 bits per heavy atom. The number of rotatable bonds is 6. The molecule has 0 saturated carbocycles. The van der Waals surface area contributed by atoms with Crippen LogP contribution < -0.4 is 15.7 Å². The molecule has 0 bridgehead atoms. The van der Waals surface area contributed by atoms with E-state index in [2.05, 4.69) is 26.3 Å². The third-order valence-electron chi connectivity index (χ3n) is 4.19. The number of hydrogen-bond acceptors (Lipinski definition) is 5. The van der Waals surface area contributed by atoms with Crippen molar-refractivity contribution in [3.8, 4) is 5.75 Å². The summed E-state index contributed by atoms with van der Waals surface area (Å²) in [7, 11) is 0. The molecule has 7 nitrogen and oxygen atoms in total. The topological polar surface area (TPSA) is 86.4 Å². The van der Waals surface area contributed by atoms with Crippen molar-refractivity contribution >= 4 is 38.6 Å². The SMILES string of the molecule is O=C(COc1ccc2ccc(=O)oc2c1)Nc1ccnn1Cc1ccc(Br)cc1. The van der Waals surface area contributed by atoms with Gasteiger partial charge in [0.05, 0.1) is 12.7 Å². The van der Waals surface area contributed by atoms with E-state index in [0.29, 0.717) is 23.7 Å². The van der Waals surface area contributed by atoms with E-state index in [0.717, 1.165) is 15.4 Å². The molecule has 8 heteroatoms. The Hall–Kier alpha value is -3.39. The maximum absolute atomic E-state index is 12.3. The molecule has 1 amide bonds. The summed E-state index contributed by atoms with van der Waals surface area (Å²) in [6, 6.07) is 17.7. The first-order valence-corrected chi connectivity index (χ1v) is 9.59. The molecule has 1 N–H and O–H groups in total. The van der Waals surface area contributed by atoms with E-state index in [1.165, 1.54) is 6.07 Å². The molecular weight excluding hydrogens is 438 g/mol. The summed E-state index contributed by atoms with van der Waals surface area (Å²) >= 11 is 3.41. The predicted molar refractivity (Wildman–Crippen MR) is 112 cm³/mol. The Morgan fingerprint density at radius 2 is 1.90 bits per heavy atom. The minimum Gasteiger partial charge on any atom is -0.484 e. The van der Waals surface area contributed by atoms with E-state index in [-0.39, 0.29) is 12.5 Å². The molecule has 4 aromatic rings. The van der Waals surface area contributed by atoms with Gasteiger partial charge in [-0.25, -0.2) is 9.48 Å². The van der Waals surface area contributed by atoms with Crippen LogP contribution in [0.4, 0.5) is 5.82 Å². The van der Waals surface area contributed by atoms with E-state index in [9.17, 15) is 9.59 Å². The maximum atomic E-state index is 12.3. The molecule has 2 aromatic carbocycles. The van der Waals surface area contributed by atoms with E-state index in [1.54, 1.807) is 41.2 Å². The number of aromatic nitrogens is 2. The van der Waals surface area contributed by atoms with Gasteiger partial charge in [-0.3, -0.25) is 4.79 Å². The highest BCUT2D eigenvalue weighted by atomic mass is 79.9. The van der Waals surface area contributed by atoms with Crippen LogP contribution in [0.5, 0.6) is 5.75 Å². The minimum absolute atomic E-state index is 0.188. The highest BCUT2D eigenvalue weighted by molar-refractivity contribution is 9.10. The average Bonchev–Trinajstić information content (AvgIpc) is 3.14. The predicted octanol–water partition coefficient (Wildman–Crippen LogP) is 3.82. The number of ether oxygens (including phenoxy) is 1. The lowest BCUT2D eigenvalue weighted by Crippen LogP contribution is -2.22. The Labute approximate surface area is 174 Å². The molecule has 2 heterocycles. The maximum Gasteiger partial charge on any atom is 0.336 e. The van der Waals surface area contributed by atoms with Gasteiger partial charge in [-0.05, 0) is 35.9 Å². The molecule has 0 aliphatic rings. The van der Waals surface area contributed by atoms with Gasteiger partial charge in [0.2, 0.25) is 0 Å². The van der Waals surface area contributed by atoms with Gasteiger partial charge in [0.1, 0.15) is 17.2 Å². The number of nitrogens with zero attached hydrogens (tertiary/aromatic N) is 2. The number of nitrogens with one attached hydrogen (secondary N) is 1. The van der Waals surface area contributed by atoms with Gasteiger partial charge < -0.3 is 14.5 Å². The van der Waals surface area contributed by atoms with Crippen molar-refractivity contribution in [2.45, 2.75) is 6.54 Å². The normalized spacial score (nSPS) is 10.8. The van der Waals surface area contributed by atoms with Crippen molar-refractivity contribution in [3.05, 3.63) is 87.3 Å². The number of anilines is 1. The summed E-state index contributed by atoms with van der Waals surface area (Å²) < 4.78 is 13.4. The fraction of sp³-hybridized carbons (Fsp3) is 0.0952. The summed E-state index contributed by atoms with van der Waals surface area (Å²) in [4.78, 5) is 23.6. The Balaban J connectivity index is 1.38. The summed E-state index contributed by atoms with van der Waals surface area (Å²) in [5.41, 5.74) is 1.02. The van der Waals surface area contributed by atoms with Crippen LogP contribution in [0.15, 0.2) is 80.5 Å². The molecular formula is C21H16BrN3O4. The Kier molecular flexibility index (Phi) is 5.44. The van der Waals surface area contributed by atoms with Crippen LogP contribution >= 0.6 is 15.9 Å². The summed E-state index contributed by atoms with van der Waals surface area (Å²) in [5, 5.41) is 7.82. The van der Waals surface area contributed by atoms with Gasteiger partial charge >= 0.3 is 5.63 Å². The summed E-state index contributed by atoms with van der Waals surface area (Å²) in [6.07, 6.45) is 1.63. The number of halogens is 1. The Bertz CT molecular complexity index is 1210. The fourth-order valence-electron chi connectivity index (χ4n) is 2.79. The summed E-state index contributed by atoms with van der Waals surface area (Å²) in [6.45, 7) is 0.340. The number of amides is 1. The van der Waals surface area contributed by atoms with Gasteiger partial charge in [0.15, 0.2) is 6.61 Å². The van der Waals surface area contributed by atoms with Crippen molar-refractivity contribution in [1.82, 2.24) is 9.78 Å². The molecule has 0 spiro atoms. The number of hydrogen-bond donors (Lipinski definition) is 1. The second kappa shape index (κ2) is 8.32. The van der Waals surface area contributed by atoms with E-state index in [4.69, 9.17) is 9.15 Å². The van der Waals surface area contributed by atoms with Gasteiger partial charge in [-0.2, -0.15) is 5.10 Å². The largest absolute Gasteiger partial charge is 0.484 e. The van der Waals surface area contributed by atoms with E-state index < -0.39 is 5.63 Å². The highest BCUT2D eigenvalue weighted by Gasteiger charge is 2.09. The minimum atomic E-state index is -0.438. The third kappa shape index (κ3) is 4.72. The Morgan fingerprint density at radius 3 is 2.72 bits per heavy atom. The molecule has 29 heavy (non-hydrogen) atoms. The lowest BCUT2D eigenvalue weighted by molar-refractivity contribution is -0.118. The van der Waals surface area contributed by atoms with Gasteiger partial charge in [0, 0.05) is 28.1 Å². The monoisotopic (exact) mass is 453 g/mol. The number of carbonyl (C=O) groups excluding carboxylic acids is 1. The zero-order chi connectivity index (χ0) is 20.2. The van der Waals surface area contributed by atoms with Gasteiger partial charge in [-0.15, -0.1) is 0 Å². The average molecular weight is 454 g/mol.